The topological polar surface area (TPSA) is 95.9 Å². The molecule has 3 rings (SSSR count). The Bertz CT molecular complexity index is 976. The lowest BCUT2D eigenvalue weighted by Gasteiger charge is -2.31. The summed E-state index contributed by atoms with van der Waals surface area (Å²) >= 11 is 0. The van der Waals surface area contributed by atoms with E-state index in [-0.39, 0.29) is 31.0 Å². The van der Waals surface area contributed by atoms with Crippen LogP contribution in [0.2, 0.25) is 0 Å². The molecule has 3 atom stereocenters. The molecule has 0 spiro atoms. The van der Waals surface area contributed by atoms with Gasteiger partial charge in [-0.3, -0.25) is 9.59 Å². The van der Waals surface area contributed by atoms with Crippen molar-refractivity contribution in [1.82, 2.24) is 10.2 Å². The molecule has 2 amide bonds. The lowest BCUT2D eigenvalue weighted by Crippen LogP contribution is -2.49. The van der Waals surface area contributed by atoms with Crippen LogP contribution in [0.25, 0.3) is 11.1 Å². The van der Waals surface area contributed by atoms with Crippen molar-refractivity contribution in [3.05, 3.63) is 59.7 Å². The van der Waals surface area contributed by atoms with E-state index in [4.69, 9.17) is 4.74 Å². The molecule has 0 aromatic heterocycles. The van der Waals surface area contributed by atoms with Gasteiger partial charge in [-0.15, -0.1) is 0 Å². The number of hydrogen-bond donors (Lipinski definition) is 2. The zero-order chi connectivity index (χ0) is 24.1. The highest BCUT2D eigenvalue weighted by atomic mass is 16.5. The summed E-state index contributed by atoms with van der Waals surface area (Å²) < 4.78 is 5.56. The molecule has 2 aromatic carbocycles. The first-order chi connectivity index (χ1) is 15.7. The number of alkyl carbamates (subject to hydrolysis) is 1. The fraction of sp³-hybridized carbons (Fsp3) is 0.423. The fourth-order valence-electron chi connectivity index (χ4n) is 4.24. The van der Waals surface area contributed by atoms with Gasteiger partial charge in [0.1, 0.15) is 13.2 Å². The molecule has 0 bridgehead atoms. The summed E-state index contributed by atoms with van der Waals surface area (Å²) in [5.74, 6) is -2.01. The summed E-state index contributed by atoms with van der Waals surface area (Å²) in [7, 11) is 0. The molecule has 1 aliphatic carbocycles. The highest BCUT2D eigenvalue weighted by Crippen LogP contribution is 2.44. The Labute approximate surface area is 194 Å². The molecule has 0 heterocycles. The van der Waals surface area contributed by atoms with Gasteiger partial charge in [0.25, 0.3) is 0 Å². The van der Waals surface area contributed by atoms with Gasteiger partial charge in [0.15, 0.2) is 0 Å². The van der Waals surface area contributed by atoms with E-state index >= 15 is 0 Å². The third-order valence-electron chi connectivity index (χ3n) is 6.54. The van der Waals surface area contributed by atoms with Gasteiger partial charge in [0.05, 0.1) is 5.92 Å². The SMILES string of the molecule is CCC(C)N(CC(=O)O)C(=O)C(C)C(C)NC(=O)OCC1c2ccccc2-c2ccccc21. The van der Waals surface area contributed by atoms with Crippen molar-refractivity contribution in [1.29, 1.82) is 0 Å². The number of hydrogen-bond acceptors (Lipinski definition) is 4. The molecule has 3 unspecified atom stereocenters. The number of carboxylic acids is 1. The van der Waals surface area contributed by atoms with Crippen molar-refractivity contribution in [2.24, 2.45) is 5.92 Å². The van der Waals surface area contributed by atoms with Crippen LogP contribution in [0.5, 0.6) is 0 Å². The number of fused-ring (bicyclic) bond motifs is 3. The monoisotopic (exact) mass is 452 g/mol. The Morgan fingerprint density at radius 2 is 1.55 bits per heavy atom. The van der Waals surface area contributed by atoms with Gasteiger partial charge in [0.2, 0.25) is 5.91 Å². The number of nitrogens with zero attached hydrogens (tertiary/aromatic N) is 1. The van der Waals surface area contributed by atoms with Crippen molar-refractivity contribution < 1.29 is 24.2 Å². The maximum absolute atomic E-state index is 12.9. The van der Waals surface area contributed by atoms with Crippen molar-refractivity contribution >= 4 is 18.0 Å². The summed E-state index contributed by atoms with van der Waals surface area (Å²) in [5.41, 5.74) is 4.55. The normalized spacial score (nSPS) is 15.0. The highest BCUT2D eigenvalue weighted by Gasteiger charge is 2.32. The largest absolute Gasteiger partial charge is 0.480 e. The Morgan fingerprint density at radius 1 is 1.00 bits per heavy atom. The minimum atomic E-state index is -1.06. The van der Waals surface area contributed by atoms with E-state index in [0.717, 1.165) is 22.3 Å². The van der Waals surface area contributed by atoms with Crippen molar-refractivity contribution in [3.8, 4) is 11.1 Å². The van der Waals surface area contributed by atoms with Crippen LogP contribution in [0.1, 0.15) is 51.2 Å². The van der Waals surface area contributed by atoms with E-state index in [9.17, 15) is 19.5 Å². The maximum atomic E-state index is 12.9. The first-order valence-corrected chi connectivity index (χ1v) is 11.4. The number of amides is 2. The first-order valence-electron chi connectivity index (χ1n) is 11.4. The van der Waals surface area contributed by atoms with Crippen LogP contribution >= 0.6 is 0 Å². The number of nitrogens with one attached hydrogen (secondary N) is 1. The molecule has 33 heavy (non-hydrogen) atoms. The van der Waals surface area contributed by atoms with Gasteiger partial charge >= 0.3 is 12.1 Å². The smallest absolute Gasteiger partial charge is 0.407 e. The molecule has 0 aliphatic heterocycles. The summed E-state index contributed by atoms with van der Waals surface area (Å²) in [6, 6.07) is 15.5. The van der Waals surface area contributed by atoms with E-state index in [2.05, 4.69) is 29.6 Å². The molecule has 7 nitrogen and oxygen atoms in total. The van der Waals surface area contributed by atoms with Crippen LogP contribution in [0.15, 0.2) is 48.5 Å². The summed E-state index contributed by atoms with van der Waals surface area (Å²) in [4.78, 5) is 38.0. The van der Waals surface area contributed by atoms with Crippen LogP contribution < -0.4 is 5.32 Å². The number of carboxylic acid groups (broad SMARTS) is 1. The Balaban J connectivity index is 1.62. The van der Waals surface area contributed by atoms with Crippen LogP contribution in [0, 0.1) is 5.92 Å². The lowest BCUT2D eigenvalue weighted by molar-refractivity contribution is -0.148. The van der Waals surface area contributed by atoms with Crippen LogP contribution in [0.4, 0.5) is 4.79 Å². The third kappa shape index (κ3) is 5.35. The zero-order valence-electron chi connectivity index (χ0n) is 19.6. The molecular weight excluding hydrogens is 420 g/mol. The van der Waals surface area contributed by atoms with Gasteiger partial charge in [0, 0.05) is 18.0 Å². The van der Waals surface area contributed by atoms with Crippen molar-refractivity contribution in [2.75, 3.05) is 13.2 Å². The predicted octanol–water partition coefficient (Wildman–Crippen LogP) is 4.26. The van der Waals surface area contributed by atoms with E-state index in [1.54, 1.807) is 13.8 Å². The minimum absolute atomic E-state index is 0.0472. The summed E-state index contributed by atoms with van der Waals surface area (Å²) in [6.07, 6.45) is 0.0391. The molecule has 0 saturated heterocycles. The van der Waals surface area contributed by atoms with Crippen LogP contribution in [-0.4, -0.2) is 53.2 Å². The Morgan fingerprint density at radius 3 is 2.06 bits per heavy atom. The quantitative estimate of drug-likeness (QED) is 0.593. The lowest BCUT2D eigenvalue weighted by atomic mass is 9.98. The summed E-state index contributed by atoms with van der Waals surface area (Å²) in [5, 5.41) is 11.9. The standard InChI is InChI=1S/C26H32N2O5/c1-5-16(2)28(14-24(29)30)25(31)17(3)18(4)27-26(32)33-15-23-21-12-8-6-10-19(21)20-11-7-9-13-22(20)23/h6-13,16-18,23H,5,14-15H2,1-4H3,(H,27,32)(H,29,30). The molecule has 1 aliphatic rings. The van der Waals surface area contributed by atoms with Crippen LogP contribution in [0.3, 0.4) is 0 Å². The molecule has 0 radical (unpaired) electrons. The number of carbonyl (C=O) groups is 3. The molecule has 0 fully saturated rings. The summed E-state index contributed by atoms with van der Waals surface area (Å²) in [6.45, 7) is 6.95. The number of aliphatic carboxylic acids is 1. The van der Waals surface area contributed by atoms with E-state index in [0.29, 0.717) is 6.42 Å². The third-order valence-corrected chi connectivity index (χ3v) is 6.54. The molecular formula is C26H32N2O5. The second-order valence-electron chi connectivity index (χ2n) is 8.66. The van der Waals surface area contributed by atoms with E-state index in [1.807, 2.05) is 38.1 Å². The van der Waals surface area contributed by atoms with Gasteiger partial charge in [-0.2, -0.15) is 0 Å². The van der Waals surface area contributed by atoms with Gasteiger partial charge in [-0.25, -0.2) is 4.79 Å². The molecule has 7 heteroatoms. The first kappa shape index (κ1) is 24.3. The van der Waals surface area contributed by atoms with E-state index in [1.165, 1.54) is 4.90 Å². The second kappa shape index (κ2) is 10.5. The second-order valence-corrected chi connectivity index (χ2v) is 8.66. The number of benzene rings is 2. The van der Waals surface area contributed by atoms with Crippen molar-refractivity contribution in [2.45, 2.75) is 52.1 Å². The number of carbonyl (C=O) groups excluding carboxylic acids is 2. The number of ether oxygens (including phenoxy) is 1. The predicted molar refractivity (Wildman–Crippen MR) is 126 cm³/mol. The Hall–Kier alpha value is -3.35. The maximum Gasteiger partial charge on any atom is 0.407 e. The van der Waals surface area contributed by atoms with Gasteiger partial charge in [-0.05, 0) is 42.5 Å². The zero-order valence-corrected chi connectivity index (χ0v) is 19.6. The molecule has 176 valence electrons. The minimum Gasteiger partial charge on any atom is -0.480 e. The highest BCUT2D eigenvalue weighted by molar-refractivity contribution is 5.84. The molecule has 0 saturated carbocycles. The Kier molecular flexibility index (Phi) is 7.74. The van der Waals surface area contributed by atoms with Gasteiger partial charge < -0.3 is 20.1 Å². The average molecular weight is 453 g/mol. The van der Waals surface area contributed by atoms with Crippen molar-refractivity contribution in [3.63, 3.8) is 0 Å². The number of rotatable bonds is 9. The average Bonchev–Trinajstić information content (AvgIpc) is 3.13. The van der Waals surface area contributed by atoms with Crippen LogP contribution in [-0.2, 0) is 14.3 Å². The molecule has 2 N–H and O–H groups in total. The van der Waals surface area contributed by atoms with Gasteiger partial charge in [-0.1, -0.05) is 62.4 Å². The fourth-order valence-corrected chi connectivity index (χ4v) is 4.24. The molecule has 2 aromatic rings. The van der Waals surface area contributed by atoms with E-state index < -0.39 is 24.0 Å².